The van der Waals surface area contributed by atoms with Gasteiger partial charge in [0.2, 0.25) is 0 Å². The molecule has 1 amide bonds. The predicted molar refractivity (Wildman–Crippen MR) is 117 cm³/mol. The fourth-order valence-electron chi connectivity index (χ4n) is 3.96. The van der Waals surface area contributed by atoms with Crippen LogP contribution in [-0.4, -0.2) is 72.6 Å². The number of nitrogen functional groups attached to an aromatic ring is 1. The van der Waals surface area contributed by atoms with Crippen LogP contribution in [0.4, 0.5) is 5.82 Å². The Bertz CT molecular complexity index is 876. The van der Waals surface area contributed by atoms with Gasteiger partial charge < -0.3 is 25.6 Å². The third kappa shape index (κ3) is 5.59. The topological polar surface area (TPSA) is 110 Å². The monoisotopic (exact) mass is 426 g/mol. The predicted octanol–water partition coefficient (Wildman–Crippen LogP) is 1.43. The normalized spacial score (nSPS) is 22.2. The largest absolute Gasteiger partial charge is 0.394 e. The Balaban J connectivity index is 1.41. The van der Waals surface area contributed by atoms with Crippen molar-refractivity contribution in [1.29, 1.82) is 0 Å². The summed E-state index contributed by atoms with van der Waals surface area (Å²) in [6.45, 7) is 4.77. The maximum atomic E-state index is 12.8. The molecule has 31 heavy (non-hydrogen) atoms. The lowest BCUT2D eigenvalue weighted by Gasteiger charge is -2.28. The molecule has 166 valence electrons. The first-order valence-corrected chi connectivity index (χ1v) is 10.8. The van der Waals surface area contributed by atoms with Gasteiger partial charge in [0.15, 0.2) is 0 Å². The molecule has 4 N–H and O–H groups in total. The summed E-state index contributed by atoms with van der Waals surface area (Å²) in [5, 5.41) is 12.1. The first-order chi connectivity index (χ1) is 15.1. The maximum absolute atomic E-state index is 12.8. The molecule has 2 aromatic rings. The number of aliphatic hydroxyl groups is 1. The average Bonchev–Trinajstić information content (AvgIpc) is 2.81. The van der Waals surface area contributed by atoms with E-state index < -0.39 is 0 Å². The number of aromatic nitrogens is 1. The molecule has 8 nitrogen and oxygen atoms in total. The van der Waals surface area contributed by atoms with Crippen LogP contribution in [0.5, 0.6) is 0 Å². The number of nitrogens with two attached hydrogens (primary N) is 1. The summed E-state index contributed by atoms with van der Waals surface area (Å²) in [5.74, 6) is -0.0537. The maximum Gasteiger partial charge on any atom is 0.255 e. The van der Waals surface area contributed by atoms with E-state index in [4.69, 9.17) is 20.3 Å². The molecule has 0 unspecified atom stereocenters. The number of rotatable bonds is 6. The quantitative estimate of drug-likeness (QED) is 0.641. The molecule has 1 aromatic carbocycles. The smallest absolute Gasteiger partial charge is 0.255 e. The van der Waals surface area contributed by atoms with Crippen molar-refractivity contribution in [2.24, 2.45) is 0 Å². The van der Waals surface area contributed by atoms with Gasteiger partial charge in [-0.25, -0.2) is 4.98 Å². The molecule has 2 aliphatic heterocycles. The fraction of sp³-hybridized carbons (Fsp3) is 0.478. The molecule has 4 rings (SSSR count). The number of ether oxygens (including phenoxy) is 2. The number of hydrogen-bond donors (Lipinski definition) is 3. The number of anilines is 1. The van der Waals surface area contributed by atoms with Crippen molar-refractivity contribution in [3.8, 4) is 11.1 Å². The zero-order valence-electron chi connectivity index (χ0n) is 17.6. The van der Waals surface area contributed by atoms with Crippen LogP contribution in [0, 0.1) is 0 Å². The van der Waals surface area contributed by atoms with Gasteiger partial charge in [-0.1, -0.05) is 24.3 Å². The minimum absolute atomic E-state index is 0.00478. The summed E-state index contributed by atoms with van der Waals surface area (Å²) in [5.41, 5.74) is 9.43. The Kier molecular flexibility index (Phi) is 7.14. The van der Waals surface area contributed by atoms with Crippen molar-refractivity contribution >= 4 is 11.7 Å². The van der Waals surface area contributed by atoms with Crippen molar-refractivity contribution in [2.75, 3.05) is 45.3 Å². The highest BCUT2D eigenvalue weighted by molar-refractivity contribution is 5.99. The van der Waals surface area contributed by atoms with Crippen molar-refractivity contribution < 1.29 is 19.4 Å². The molecule has 2 atom stereocenters. The van der Waals surface area contributed by atoms with Gasteiger partial charge in [0.25, 0.3) is 5.91 Å². The number of nitrogens with one attached hydrogen (secondary N) is 1. The molecule has 2 fully saturated rings. The van der Waals surface area contributed by atoms with E-state index in [9.17, 15) is 4.79 Å². The Morgan fingerprint density at radius 2 is 1.97 bits per heavy atom. The highest BCUT2D eigenvalue weighted by Crippen LogP contribution is 2.23. The van der Waals surface area contributed by atoms with Gasteiger partial charge in [0, 0.05) is 31.4 Å². The van der Waals surface area contributed by atoms with E-state index in [-0.39, 0.29) is 30.5 Å². The van der Waals surface area contributed by atoms with Crippen molar-refractivity contribution in [2.45, 2.75) is 31.5 Å². The second kappa shape index (κ2) is 10.2. The molecule has 8 heteroatoms. The van der Waals surface area contributed by atoms with E-state index in [0.29, 0.717) is 18.6 Å². The van der Waals surface area contributed by atoms with Crippen LogP contribution < -0.4 is 11.1 Å². The Hall–Kier alpha value is -2.52. The van der Waals surface area contributed by atoms with Crippen LogP contribution in [0.2, 0.25) is 0 Å². The molecule has 2 saturated heterocycles. The fourth-order valence-corrected chi connectivity index (χ4v) is 3.96. The Labute approximate surface area is 182 Å². The number of amides is 1. The van der Waals surface area contributed by atoms with Crippen LogP contribution in [0.25, 0.3) is 11.1 Å². The van der Waals surface area contributed by atoms with Crippen molar-refractivity contribution in [3.63, 3.8) is 0 Å². The highest BCUT2D eigenvalue weighted by atomic mass is 16.5. The van der Waals surface area contributed by atoms with Gasteiger partial charge >= 0.3 is 0 Å². The first kappa shape index (κ1) is 21.7. The van der Waals surface area contributed by atoms with Crippen LogP contribution >= 0.6 is 0 Å². The number of hydrogen-bond acceptors (Lipinski definition) is 7. The molecule has 0 saturated carbocycles. The van der Waals surface area contributed by atoms with Crippen molar-refractivity contribution in [1.82, 2.24) is 15.2 Å². The van der Waals surface area contributed by atoms with Crippen LogP contribution in [0.3, 0.4) is 0 Å². The molecule has 3 heterocycles. The molecule has 0 spiro atoms. The van der Waals surface area contributed by atoms with E-state index in [0.717, 1.165) is 50.4 Å². The molecular weight excluding hydrogens is 396 g/mol. The molecule has 0 bridgehead atoms. The Morgan fingerprint density at radius 1 is 1.19 bits per heavy atom. The minimum Gasteiger partial charge on any atom is -0.394 e. The highest BCUT2D eigenvalue weighted by Gasteiger charge is 2.24. The SMILES string of the molecule is Nc1ncc(-c2ccc(CN3CCOCC3)cc2)cc1C(=O)N[C@@H]1CC[C@@H](CO)OC1. The van der Waals surface area contributed by atoms with Gasteiger partial charge in [-0.05, 0) is 30.0 Å². The molecule has 2 aliphatic rings. The summed E-state index contributed by atoms with van der Waals surface area (Å²) in [7, 11) is 0. The average molecular weight is 427 g/mol. The van der Waals surface area contributed by atoms with Gasteiger partial charge in [-0.15, -0.1) is 0 Å². The van der Waals surface area contributed by atoms with E-state index >= 15 is 0 Å². The van der Waals surface area contributed by atoms with Gasteiger partial charge in [0.1, 0.15) is 5.82 Å². The second-order valence-corrected chi connectivity index (χ2v) is 8.13. The van der Waals surface area contributed by atoms with Crippen LogP contribution in [-0.2, 0) is 16.0 Å². The van der Waals surface area contributed by atoms with E-state index in [1.165, 1.54) is 5.56 Å². The lowest BCUT2D eigenvalue weighted by atomic mass is 10.0. The van der Waals surface area contributed by atoms with Gasteiger partial charge in [-0.2, -0.15) is 0 Å². The first-order valence-electron chi connectivity index (χ1n) is 10.8. The molecular formula is C23H30N4O4. The number of aliphatic hydroxyl groups excluding tert-OH is 1. The lowest BCUT2D eigenvalue weighted by Crippen LogP contribution is -2.43. The lowest BCUT2D eigenvalue weighted by molar-refractivity contribution is -0.0305. The number of pyridine rings is 1. The number of benzene rings is 1. The summed E-state index contributed by atoms with van der Waals surface area (Å²) >= 11 is 0. The van der Waals surface area contributed by atoms with Gasteiger partial charge in [-0.3, -0.25) is 9.69 Å². The van der Waals surface area contributed by atoms with Gasteiger partial charge in [0.05, 0.1) is 44.1 Å². The Morgan fingerprint density at radius 3 is 2.65 bits per heavy atom. The summed E-state index contributed by atoms with van der Waals surface area (Å²) in [6, 6.07) is 10.0. The summed E-state index contributed by atoms with van der Waals surface area (Å²) < 4.78 is 10.9. The van der Waals surface area contributed by atoms with E-state index in [2.05, 4.69) is 39.5 Å². The molecule has 0 aliphatic carbocycles. The molecule has 0 radical (unpaired) electrons. The number of carbonyl (C=O) groups is 1. The third-order valence-electron chi connectivity index (χ3n) is 5.87. The summed E-state index contributed by atoms with van der Waals surface area (Å²) in [4.78, 5) is 19.4. The number of carbonyl (C=O) groups excluding carboxylic acids is 1. The third-order valence-corrected chi connectivity index (χ3v) is 5.87. The minimum atomic E-state index is -0.258. The van der Waals surface area contributed by atoms with Crippen LogP contribution in [0.1, 0.15) is 28.8 Å². The van der Waals surface area contributed by atoms with Crippen LogP contribution in [0.15, 0.2) is 36.5 Å². The molecule has 1 aromatic heterocycles. The number of morpholine rings is 1. The number of nitrogens with zero attached hydrogens (tertiary/aromatic N) is 2. The zero-order chi connectivity index (χ0) is 21.6. The van der Waals surface area contributed by atoms with E-state index in [1.54, 1.807) is 12.3 Å². The van der Waals surface area contributed by atoms with Crippen molar-refractivity contribution in [3.05, 3.63) is 47.7 Å². The standard InChI is InChI=1S/C23H30N4O4/c24-22-21(23(29)26-19-5-6-20(14-28)31-15-19)11-18(12-25-22)17-3-1-16(2-4-17)13-27-7-9-30-10-8-27/h1-4,11-12,19-20,28H,5-10,13-15H2,(H2,24,25)(H,26,29)/t19-,20+/m1/s1. The zero-order valence-corrected chi connectivity index (χ0v) is 17.6. The summed E-state index contributed by atoms with van der Waals surface area (Å²) in [6.07, 6.45) is 3.02. The van der Waals surface area contributed by atoms with E-state index in [1.807, 2.05) is 0 Å². The second-order valence-electron chi connectivity index (χ2n) is 8.13.